The van der Waals surface area contributed by atoms with Gasteiger partial charge in [-0.3, -0.25) is 0 Å². The van der Waals surface area contributed by atoms with Crippen molar-refractivity contribution in [1.29, 1.82) is 0 Å². The second-order valence-corrected chi connectivity index (χ2v) is 6.24. The maximum atomic E-state index is 5.99. The molecule has 0 spiro atoms. The van der Waals surface area contributed by atoms with Gasteiger partial charge in [-0.2, -0.15) is 14.6 Å². The normalized spacial score (nSPS) is 11.4. The number of benzene rings is 1. The zero-order valence-electron chi connectivity index (χ0n) is 14.4. The summed E-state index contributed by atoms with van der Waals surface area (Å²) in [6.07, 6.45) is 13.8. The first-order valence-corrected chi connectivity index (χ1v) is 9.10. The minimum Gasteiger partial charge on any atom is -0.493 e. The molecule has 3 rings (SSSR count). The number of nitrogens with zero attached hydrogens (tertiary/aromatic N) is 4. The molecule has 5 heteroatoms. The zero-order chi connectivity index (χ0) is 16.6. The predicted molar refractivity (Wildman–Crippen MR) is 96.4 cm³/mol. The monoisotopic (exact) mass is 326 g/mol. The smallest absolute Gasteiger partial charge is 0.252 e. The second kappa shape index (κ2) is 8.62. The van der Waals surface area contributed by atoms with Crippen LogP contribution in [0.5, 0.6) is 5.75 Å². The van der Waals surface area contributed by atoms with E-state index < -0.39 is 0 Å². The summed E-state index contributed by atoms with van der Waals surface area (Å²) in [5.41, 5.74) is 0.978. The first kappa shape index (κ1) is 16.7. The highest BCUT2D eigenvalue weighted by molar-refractivity contribution is 5.85. The Morgan fingerprint density at radius 2 is 1.75 bits per heavy atom. The van der Waals surface area contributed by atoms with Crippen molar-refractivity contribution < 1.29 is 4.74 Å². The van der Waals surface area contributed by atoms with Crippen LogP contribution in [0.4, 0.5) is 0 Å². The van der Waals surface area contributed by atoms with Gasteiger partial charge >= 0.3 is 0 Å². The molecule has 0 saturated carbocycles. The fourth-order valence-electron chi connectivity index (χ4n) is 3.01. The topological polar surface area (TPSA) is 52.3 Å². The average molecular weight is 326 g/mol. The highest BCUT2D eigenvalue weighted by atomic mass is 16.5. The van der Waals surface area contributed by atoms with Crippen molar-refractivity contribution in [3.63, 3.8) is 0 Å². The minimum absolute atomic E-state index is 0.614. The molecule has 0 atom stereocenters. The van der Waals surface area contributed by atoms with Crippen LogP contribution in [0.2, 0.25) is 0 Å². The van der Waals surface area contributed by atoms with Crippen LogP contribution >= 0.6 is 0 Å². The van der Waals surface area contributed by atoms with Gasteiger partial charge in [0.25, 0.3) is 5.78 Å². The van der Waals surface area contributed by atoms with Crippen molar-refractivity contribution >= 4 is 16.7 Å². The number of ether oxygens (including phenoxy) is 1. The SMILES string of the molecule is CCCCCCCCCCOc1cccc2c1cnc1ncnn12. The Kier molecular flexibility index (Phi) is 5.99. The Morgan fingerprint density at radius 3 is 2.58 bits per heavy atom. The predicted octanol–water partition coefficient (Wildman–Crippen LogP) is 4.80. The number of aromatic nitrogens is 4. The Hall–Kier alpha value is -2.17. The molecule has 2 aromatic heterocycles. The minimum atomic E-state index is 0.614. The van der Waals surface area contributed by atoms with Crippen LogP contribution in [0.25, 0.3) is 16.7 Å². The van der Waals surface area contributed by atoms with Crippen molar-refractivity contribution in [2.45, 2.75) is 58.3 Å². The standard InChI is InChI=1S/C19H26N4O/c1-2-3-4-5-6-7-8-9-13-24-18-12-10-11-17-16(18)14-20-19-21-15-22-23(17)19/h10-12,14-15H,2-9,13H2,1H3. The van der Waals surface area contributed by atoms with Crippen LogP contribution in [0.1, 0.15) is 58.3 Å². The van der Waals surface area contributed by atoms with E-state index in [2.05, 4.69) is 22.0 Å². The first-order valence-electron chi connectivity index (χ1n) is 9.10. The highest BCUT2D eigenvalue weighted by Crippen LogP contribution is 2.25. The first-order chi connectivity index (χ1) is 11.9. The molecule has 24 heavy (non-hydrogen) atoms. The van der Waals surface area contributed by atoms with Crippen LogP contribution in [0.3, 0.4) is 0 Å². The quantitative estimate of drug-likeness (QED) is 0.502. The molecule has 0 N–H and O–H groups in total. The van der Waals surface area contributed by atoms with Gasteiger partial charge in [-0.1, -0.05) is 57.9 Å². The van der Waals surface area contributed by atoms with Crippen LogP contribution in [-0.2, 0) is 0 Å². The summed E-state index contributed by atoms with van der Waals surface area (Å²) in [6.45, 7) is 3.01. The van der Waals surface area contributed by atoms with Gasteiger partial charge in [-0.25, -0.2) is 4.98 Å². The molecule has 0 radical (unpaired) electrons. The van der Waals surface area contributed by atoms with Gasteiger partial charge in [0.15, 0.2) is 0 Å². The summed E-state index contributed by atoms with van der Waals surface area (Å²) >= 11 is 0. The van der Waals surface area contributed by atoms with Gasteiger partial charge in [0, 0.05) is 6.20 Å². The van der Waals surface area contributed by atoms with E-state index in [1.807, 2.05) is 24.4 Å². The molecule has 0 aliphatic heterocycles. The molecular weight excluding hydrogens is 300 g/mol. The number of fused-ring (bicyclic) bond motifs is 3. The molecule has 0 fully saturated rings. The molecular formula is C19H26N4O. The lowest BCUT2D eigenvalue weighted by molar-refractivity contribution is 0.307. The van der Waals surface area contributed by atoms with Crippen molar-refractivity contribution in [2.24, 2.45) is 0 Å². The third-order valence-corrected chi connectivity index (χ3v) is 4.37. The molecule has 5 nitrogen and oxygen atoms in total. The number of rotatable bonds is 10. The molecule has 0 saturated heterocycles. The largest absolute Gasteiger partial charge is 0.493 e. The van der Waals surface area contributed by atoms with Crippen molar-refractivity contribution in [1.82, 2.24) is 19.6 Å². The van der Waals surface area contributed by atoms with Gasteiger partial charge in [-0.05, 0) is 18.6 Å². The van der Waals surface area contributed by atoms with Crippen LogP contribution < -0.4 is 4.74 Å². The van der Waals surface area contributed by atoms with E-state index in [0.29, 0.717) is 5.78 Å². The third-order valence-electron chi connectivity index (χ3n) is 4.37. The lowest BCUT2D eigenvalue weighted by atomic mass is 10.1. The second-order valence-electron chi connectivity index (χ2n) is 6.24. The summed E-state index contributed by atoms with van der Waals surface area (Å²) in [5.74, 6) is 1.49. The average Bonchev–Trinajstić information content (AvgIpc) is 3.09. The van der Waals surface area contributed by atoms with Gasteiger partial charge in [0.2, 0.25) is 0 Å². The summed E-state index contributed by atoms with van der Waals surface area (Å²) in [7, 11) is 0. The molecule has 128 valence electrons. The van der Waals surface area contributed by atoms with E-state index in [1.54, 1.807) is 4.52 Å². The molecule has 2 heterocycles. The molecule has 0 aliphatic carbocycles. The Bertz CT molecular complexity index is 768. The maximum absolute atomic E-state index is 5.99. The van der Waals surface area contributed by atoms with Crippen molar-refractivity contribution in [3.8, 4) is 5.75 Å². The fraction of sp³-hybridized carbons (Fsp3) is 0.526. The van der Waals surface area contributed by atoms with Crippen molar-refractivity contribution in [2.75, 3.05) is 6.61 Å². The highest BCUT2D eigenvalue weighted by Gasteiger charge is 2.07. The van der Waals surface area contributed by atoms with Gasteiger partial charge < -0.3 is 4.74 Å². The van der Waals surface area contributed by atoms with E-state index in [4.69, 9.17) is 4.74 Å². The van der Waals surface area contributed by atoms with Gasteiger partial charge in [0.05, 0.1) is 17.5 Å². The number of hydrogen-bond donors (Lipinski definition) is 0. The van der Waals surface area contributed by atoms with Crippen LogP contribution in [-0.4, -0.2) is 26.2 Å². The lowest BCUT2D eigenvalue weighted by Gasteiger charge is -2.09. The van der Waals surface area contributed by atoms with E-state index >= 15 is 0 Å². The molecule has 0 aliphatic rings. The van der Waals surface area contributed by atoms with Gasteiger partial charge in [-0.15, -0.1) is 0 Å². The summed E-state index contributed by atoms with van der Waals surface area (Å²) < 4.78 is 7.74. The molecule has 0 bridgehead atoms. The van der Waals surface area contributed by atoms with Crippen LogP contribution in [0, 0.1) is 0 Å². The number of unbranched alkanes of at least 4 members (excludes halogenated alkanes) is 7. The summed E-state index contributed by atoms with van der Waals surface area (Å²) in [5, 5.41) is 5.21. The van der Waals surface area contributed by atoms with E-state index in [0.717, 1.165) is 29.7 Å². The number of hydrogen-bond acceptors (Lipinski definition) is 4. The Morgan fingerprint density at radius 1 is 0.958 bits per heavy atom. The molecule has 0 amide bonds. The third kappa shape index (κ3) is 4.02. The van der Waals surface area contributed by atoms with E-state index in [-0.39, 0.29) is 0 Å². The van der Waals surface area contributed by atoms with Crippen LogP contribution in [0.15, 0.2) is 30.7 Å². The molecule has 1 aromatic carbocycles. The lowest BCUT2D eigenvalue weighted by Crippen LogP contribution is -2.00. The fourth-order valence-corrected chi connectivity index (χ4v) is 3.01. The zero-order valence-corrected chi connectivity index (χ0v) is 14.4. The van der Waals surface area contributed by atoms with Gasteiger partial charge in [0.1, 0.15) is 12.1 Å². The Balaban J connectivity index is 1.49. The van der Waals surface area contributed by atoms with E-state index in [1.165, 1.54) is 51.3 Å². The maximum Gasteiger partial charge on any atom is 0.252 e. The van der Waals surface area contributed by atoms with E-state index in [9.17, 15) is 0 Å². The molecule has 3 aromatic rings. The van der Waals surface area contributed by atoms with Crippen molar-refractivity contribution in [3.05, 3.63) is 30.7 Å². The molecule has 0 unspecified atom stereocenters. The summed E-state index contributed by atoms with van der Waals surface area (Å²) in [6, 6.07) is 6.01. The summed E-state index contributed by atoms with van der Waals surface area (Å²) in [4.78, 5) is 8.45. The Labute approximate surface area is 143 Å².